The molecule has 100 valence electrons. The molecule has 0 fully saturated rings. The van der Waals surface area contributed by atoms with Crippen molar-refractivity contribution in [2.24, 2.45) is 0 Å². The zero-order valence-electron chi connectivity index (χ0n) is 8.80. The minimum Gasteiger partial charge on any atom is -0.479 e. The van der Waals surface area contributed by atoms with Gasteiger partial charge in [-0.05, 0) is 34.1 Å². The average molecular weight is 342 g/mol. The number of sulfonamides is 1. The van der Waals surface area contributed by atoms with E-state index in [1.54, 1.807) is 0 Å². The van der Waals surface area contributed by atoms with Crippen molar-refractivity contribution >= 4 is 31.9 Å². The Kier molecular flexibility index (Phi) is 4.79. The van der Waals surface area contributed by atoms with E-state index in [1.165, 1.54) is 6.07 Å². The Morgan fingerprint density at radius 1 is 1.50 bits per heavy atom. The number of aliphatic hydroxyl groups is 1. The van der Waals surface area contributed by atoms with Gasteiger partial charge in [0.15, 0.2) is 6.10 Å². The highest BCUT2D eigenvalue weighted by Gasteiger charge is 2.20. The molecule has 0 amide bonds. The zero-order valence-corrected chi connectivity index (χ0v) is 11.2. The molecule has 0 aliphatic carbocycles. The van der Waals surface area contributed by atoms with E-state index in [0.717, 1.165) is 12.1 Å². The van der Waals surface area contributed by atoms with Gasteiger partial charge in [-0.3, -0.25) is 0 Å². The van der Waals surface area contributed by atoms with Crippen molar-refractivity contribution in [2.75, 3.05) is 6.54 Å². The van der Waals surface area contributed by atoms with Gasteiger partial charge in [-0.1, -0.05) is 0 Å². The summed E-state index contributed by atoms with van der Waals surface area (Å²) in [6.07, 6.45) is -1.86. The number of carbonyl (C=O) groups is 1. The lowest BCUT2D eigenvalue weighted by Gasteiger charge is -2.09. The van der Waals surface area contributed by atoms with Crippen LogP contribution in [-0.2, 0) is 14.8 Å². The number of carboxylic acids is 1. The number of carboxylic acid groups (broad SMARTS) is 1. The number of rotatable bonds is 5. The quantitative estimate of drug-likeness (QED) is 0.715. The summed E-state index contributed by atoms with van der Waals surface area (Å²) < 4.78 is 38.4. The predicted octanol–water partition coefficient (Wildman–Crippen LogP) is 0.312. The van der Waals surface area contributed by atoms with E-state index in [2.05, 4.69) is 15.9 Å². The maximum absolute atomic E-state index is 13.2. The number of hydrogen-bond donors (Lipinski definition) is 3. The highest BCUT2D eigenvalue weighted by atomic mass is 79.9. The van der Waals surface area contributed by atoms with Crippen LogP contribution >= 0.6 is 15.9 Å². The molecule has 0 saturated carbocycles. The fourth-order valence-electron chi connectivity index (χ4n) is 1.00. The molecule has 0 spiro atoms. The first-order valence-corrected chi connectivity index (χ1v) is 6.87. The molecule has 0 aromatic heterocycles. The van der Waals surface area contributed by atoms with Gasteiger partial charge in [0.2, 0.25) is 10.0 Å². The first-order valence-electron chi connectivity index (χ1n) is 4.59. The number of halogens is 2. The maximum atomic E-state index is 13.2. The summed E-state index contributed by atoms with van der Waals surface area (Å²) in [5.41, 5.74) is 0. The van der Waals surface area contributed by atoms with Crippen LogP contribution in [0.5, 0.6) is 0 Å². The van der Waals surface area contributed by atoms with E-state index >= 15 is 0 Å². The topological polar surface area (TPSA) is 104 Å². The number of aliphatic carboxylic acids is 1. The number of benzene rings is 1. The van der Waals surface area contributed by atoms with Crippen molar-refractivity contribution in [1.82, 2.24) is 4.72 Å². The first kappa shape index (κ1) is 15.0. The fraction of sp³-hybridized carbons (Fsp3) is 0.222. The van der Waals surface area contributed by atoms with E-state index in [9.17, 15) is 17.6 Å². The molecule has 9 heteroatoms. The molecule has 0 saturated heterocycles. The highest BCUT2D eigenvalue weighted by molar-refractivity contribution is 9.10. The van der Waals surface area contributed by atoms with E-state index in [-0.39, 0.29) is 9.37 Å². The molecule has 0 radical (unpaired) electrons. The van der Waals surface area contributed by atoms with Crippen LogP contribution in [0, 0.1) is 5.82 Å². The minimum atomic E-state index is -4.06. The second-order valence-corrected chi connectivity index (χ2v) is 5.90. The monoisotopic (exact) mass is 341 g/mol. The molecule has 0 bridgehead atoms. The molecule has 0 unspecified atom stereocenters. The van der Waals surface area contributed by atoms with Gasteiger partial charge >= 0.3 is 5.97 Å². The molecule has 6 nitrogen and oxygen atoms in total. The molecule has 18 heavy (non-hydrogen) atoms. The molecule has 1 atom stereocenters. The highest BCUT2D eigenvalue weighted by Crippen LogP contribution is 2.19. The smallest absolute Gasteiger partial charge is 0.333 e. The first-order chi connectivity index (χ1) is 8.24. The van der Waals surface area contributed by atoms with Crippen molar-refractivity contribution < 1.29 is 27.8 Å². The Morgan fingerprint density at radius 3 is 2.61 bits per heavy atom. The summed E-state index contributed by atoms with van der Waals surface area (Å²) in [6.45, 7) is -0.699. The Balaban J connectivity index is 2.87. The number of nitrogens with one attached hydrogen (secondary N) is 1. The average Bonchev–Trinajstić information content (AvgIpc) is 2.29. The Hall–Kier alpha value is -1.03. The van der Waals surface area contributed by atoms with Crippen LogP contribution in [-0.4, -0.2) is 37.2 Å². The van der Waals surface area contributed by atoms with E-state index in [1.807, 2.05) is 4.72 Å². The molecule has 0 heterocycles. The molecular weight excluding hydrogens is 333 g/mol. The second kappa shape index (κ2) is 5.74. The van der Waals surface area contributed by atoms with E-state index < -0.39 is 34.5 Å². The third-order valence-corrected chi connectivity index (χ3v) is 4.02. The van der Waals surface area contributed by atoms with Crippen LogP contribution in [0.2, 0.25) is 0 Å². The van der Waals surface area contributed by atoms with E-state index in [0.29, 0.717) is 0 Å². The van der Waals surface area contributed by atoms with Gasteiger partial charge < -0.3 is 10.2 Å². The van der Waals surface area contributed by atoms with Gasteiger partial charge in [-0.2, -0.15) is 0 Å². The third-order valence-electron chi connectivity index (χ3n) is 1.95. The summed E-state index contributed by atoms with van der Waals surface area (Å²) >= 11 is 2.87. The van der Waals surface area contributed by atoms with Crippen LogP contribution in [0.3, 0.4) is 0 Å². The number of aliphatic hydroxyl groups excluding tert-OH is 1. The summed E-state index contributed by atoms with van der Waals surface area (Å²) in [5, 5.41) is 17.3. The normalized spacial score (nSPS) is 13.3. The lowest BCUT2D eigenvalue weighted by atomic mass is 10.3. The lowest BCUT2D eigenvalue weighted by Crippen LogP contribution is -2.36. The molecule has 1 aromatic rings. The molecular formula is C9H9BrFNO5S. The van der Waals surface area contributed by atoms with E-state index in [4.69, 9.17) is 10.2 Å². The Bertz CT molecular complexity index is 562. The van der Waals surface area contributed by atoms with Crippen molar-refractivity contribution in [2.45, 2.75) is 11.0 Å². The summed E-state index contributed by atoms with van der Waals surface area (Å²) in [4.78, 5) is 9.94. The van der Waals surface area contributed by atoms with Crippen LogP contribution in [0.25, 0.3) is 0 Å². The standard InChI is InChI=1S/C9H9BrFNO5S/c10-6-2-1-5(3-7(6)11)18(16,17)12-4-8(13)9(14)15/h1-3,8,12-13H,4H2,(H,14,15)/t8-/m0/s1. The second-order valence-electron chi connectivity index (χ2n) is 3.28. The summed E-state index contributed by atoms with van der Waals surface area (Å²) in [7, 11) is -4.06. The van der Waals surface area contributed by atoms with Crippen molar-refractivity contribution in [3.05, 3.63) is 28.5 Å². The molecule has 1 aromatic carbocycles. The van der Waals surface area contributed by atoms with Crippen molar-refractivity contribution in [3.8, 4) is 0 Å². The summed E-state index contributed by atoms with van der Waals surface area (Å²) in [6, 6.07) is 3.12. The van der Waals surface area contributed by atoms with Gasteiger partial charge in [-0.15, -0.1) is 0 Å². The van der Waals surface area contributed by atoms with Crippen molar-refractivity contribution in [3.63, 3.8) is 0 Å². The summed E-state index contributed by atoms with van der Waals surface area (Å²) in [5.74, 6) is -2.32. The number of hydrogen-bond acceptors (Lipinski definition) is 4. The van der Waals surface area contributed by atoms with Crippen LogP contribution in [0.15, 0.2) is 27.6 Å². The Morgan fingerprint density at radius 2 is 2.11 bits per heavy atom. The molecule has 1 rings (SSSR count). The minimum absolute atomic E-state index is 0.104. The lowest BCUT2D eigenvalue weighted by molar-refractivity contribution is -0.146. The largest absolute Gasteiger partial charge is 0.479 e. The maximum Gasteiger partial charge on any atom is 0.333 e. The zero-order chi connectivity index (χ0) is 13.9. The third kappa shape index (κ3) is 3.73. The molecule has 0 aliphatic rings. The predicted molar refractivity (Wildman–Crippen MR) is 62.9 cm³/mol. The van der Waals surface area contributed by atoms with Crippen molar-refractivity contribution in [1.29, 1.82) is 0 Å². The SMILES string of the molecule is O=C(O)[C@@H](O)CNS(=O)(=O)c1ccc(Br)c(F)c1. The van der Waals surface area contributed by atoms with Gasteiger partial charge in [0.05, 0.1) is 9.37 Å². The van der Waals surface area contributed by atoms with Crippen LogP contribution < -0.4 is 4.72 Å². The van der Waals surface area contributed by atoms with Gasteiger partial charge in [0, 0.05) is 6.54 Å². The van der Waals surface area contributed by atoms with Gasteiger partial charge in [0.1, 0.15) is 5.82 Å². The van der Waals surface area contributed by atoms with Crippen LogP contribution in [0.1, 0.15) is 0 Å². The van der Waals surface area contributed by atoms with Gasteiger partial charge in [-0.25, -0.2) is 22.3 Å². The molecule has 3 N–H and O–H groups in total. The Labute approximate surface area is 111 Å². The van der Waals surface area contributed by atoms with Gasteiger partial charge in [0.25, 0.3) is 0 Å². The molecule has 0 aliphatic heterocycles. The fourth-order valence-corrected chi connectivity index (χ4v) is 2.30. The van der Waals surface area contributed by atoms with Crippen LogP contribution in [0.4, 0.5) is 4.39 Å².